The fourth-order valence-electron chi connectivity index (χ4n) is 3.52. The van der Waals surface area contributed by atoms with Crippen molar-refractivity contribution in [2.75, 3.05) is 11.4 Å². The van der Waals surface area contributed by atoms with Crippen LogP contribution < -0.4 is 16.2 Å². The van der Waals surface area contributed by atoms with Gasteiger partial charge in [0.1, 0.15) is 18.3 Å². The lowest BCUT2D eigenvalue weighted by Crippen LogP contribution is -2.40. The summed E-state index contributed by atoms with van der Waals surface area (Å²) in [5.41, 5.74) is 7.49. The van der Waals surface area contributed by atoms with Gasteiger partial charge in [-0.3, -0.25) is 23.6 Å². The van der Waals surface area contributed by atoms with Crippen LogP contribution in [0.3, 0.4) is 0 Å². The van der Waals surface area contributed by atoms with Crippen molar-refractivity contribution in [1.29, 1.82) is 0 Å². The van der Waals surface area contributed by atoms with Crippen molar-refractivity contribution in [2.24, 2.45) is 12.8 Å². The molecule has 1 aromatic carbocycles. The summed E-state index contributed by atoms with van der Waals surface area (Å²) in [6.07, 6.45) is 4.20. The highest BCUT2D eigenvalue weighted by Gasteiger charge is 2.26. The number of nitrogens with zero attached hydrogens (tertiary/aromatic N) is 5. The Balaban J connectivity index is 1.68. The molecule has 0 unspecified atom stereocenters. The maximum Gasteiger partial charge on any atom is 0.264 e. The van der Waals surface area contributed by atoms with E-state index in [1.807, 2.05) is 0 Å². The second-order valence-electron chi connectivity index (χ2n) is 6.50. The minimum absolute atomic E-state index is 0.142. The largest absolute Gasteiger partial charge is 0.366 e. The number of carbonyl (C=O) groups excluding carboxylic acids is 2. The van der Waals surface area contributed by atoms with E-state index >= 15 is 0 Å². The van der Waals surface area contributed by atoms with Gasteiger partial charge in [-0.2, -0.15) is 5.10 Å². The number of benzene rings is 1. The van der Waals surface area contributed by atoms with Gasteiger partial charge in [-0.1, -0.05) is 6.07 Å². The highest BCUT2D eigenvalue weighted by Crippen LogP contribution is 2.30. The van der Waals surface area contributed by atoms with E-state index in [-0.39, 0.29) is 18.0 Å². The first-order valence-corrected chi connectivity index (χ1v) is 8.56. The van der Waals surface area contributed by atoms with Gasteiger partial charge < -0.3 is 10.6 Å². The summed E-state index contributed by atoms with van der Waals surface area (Å²) in [7, 11) is 1.70. The molecule has 3 heterocycles. The number of rotatable bonds is 3. The predicted octanol–water partition coefficient (Wildman–Crippen LogP) is 0.208. The molecule has 0 saturated heterocycles. The Kier molecular flexibility index (Phi) is 3.98. The zero-order valence-corrected chi connectivity index (χ0v) is 14.8. The van der Waals surface area contributed by atoms with Gasteiger partial charge in [0.25, 0.3) is 5.56 Å². The molecule has 2 N–H and O–H groups in total. The number of carbonyl (C=O) groups is 2. The molecule has 1 aliphatic heterocycles. The van der Waals surface area contributed by atoms with Crippen molar-refractivity contribution in [3.8, 4) is 0 Å². The standard InChI is InChI=1S/C18H18N6O3/c1-22-17-13(8-21-22)18(27)23(10-20-17)9-15(25)24-7-3-5-11-12(16(19)26)4-2-6-14(11)24/h2,4,6,8,10H,3,5,7,9H2,1H3,(H2,19,26). The molecule has 0 spiro atoms. The normalized spacial score (nSPS) is 13.6. The summed E-state index contributed by atoms with van der Waals surface area (Å²) in [5.74, 6) is -0.756. The summed E-state index contributed by atoms with van der Waals surface area (Å²) in [4.78, 5) is 43.0. The molecular weight excluding hydrogens is 348 g/mol. The highest BCUT2D eigenvalue weighted by molar-refractivity contribution is 6.00. The zero-order valence-electron chi connectivity index (χ0n) is 14.8. The van der Waals surface area contributed by atoms with E-state index in [1.165, 1.54) is 21.8 Å². The van der Waals surface area contributed by atoms with Crippen molar-refractivity contribution in [1.82, 2.24) is 19.3 Å². The first-order valence-electron chi connectivity index (χ1n) is 8.56. The van der Waals surface area contributed by atoms with Crippen LogP contribution in [0.4, 0.5) is 5.69 Å². The van der Waals surface area contributed by atoms with Crippen LogP contribution >= 0.6 is 0 Å². The van der Waals surface area contributed by atoms with Crippen LogP contribution in [0.15, 0.2) is 35.5 Å². The summed E-state index contributed by atoms with van der Waals surface area (Å²) >= 11 is 0. The van der Waals surface area contributed by atoms with E-state index < -0.39 is 5.91 Å². The second-order valence-corrected chi connectivity index (χ2v) is 6.50. The molecule has 0 fully saturated rings. The fourth-order valence-corrected chi connectivity index (χ4v) is 3.52. The number of hydrogen-bond acceptors (Lipinski definition) is 5. The van der Waals surface area contributed by atoms with Crippen LogP contribution in [0.2, 0.25) is 0 Å². The molecule has 2 amide bonds. The van der Waals surface area contributed by atoms with Crippen molar-refractivity contribution in [3.63, 3.8) is 0 Å². The maximum absolute atomic E-state index is 12.9. The quantitative estimate of drug-likeness (QED) is 0.711. The molecule has 0 bridgehead atoms. The number of aryl methyl sites for hydroxylation is 1. The van der Waals surface area contributed by atoms with E-state index in [0.717, 1.165) is 12.0 Å². The molecule has 1 aliphatic rings. The van der Waals surface area contributed by atoms with Crippen molar-refractivity contribution >= 4 is 28.5 Å². The molecular formula is C18H18N6O3. The highest BCUT2D eigenvalue weighted by atomic mass is 16.2. The minimum Gasteiger partial charge on any atom is -0.366 e. The third kappa shape index (κ3) is 2.77. The lowest BCUT2D eigenvalue weighted by molar-refractivity contribution is -0.119. The van der Waals surface area contributed by atoms with Gasteiger partial charge >= 0.3 is 0 Å². The average molecular weight is 366 g/mol. The van der Waals surface area contributed by atoms with E-state index in [1.54, 1.807) is 30.1 Å². The van der Waals surface area contributed by atoms with Gasteiger partial charge in [-0.05, 0) is 30.5 Å². The van der Waals surface area contributed by atoms with E-state index in [9.17, 15) is 14.4 Å². The first-order chi connectivity index (χ1) is 13.0. The number of fused-ring (bicyclic) bond motifs is 2. The van der Waals surface area contributed by atoms with Gasteiger partial charge in [-0.15, -0.1) is 0 Å². The minimum atomic E-state index is -0.511. The van der Waals surface area contributed by atoms with E-state index in [0.29, 0.717) is 35.2 Å². The number of anilines is 1. The SMILES string of the molecule is Cn1ncc2c(=O)n(CC(=O)N3CCCc4c(C(N)=O)cccc43)cnc21. The number of aromatic nitrogens is 4. The Morgan fingerprint density at radius 1 is 1.30 bits per heavy atom. The number of amides is 2. The zero-order chi connectivity index (χ0) is 19.1. The van der Waals surface area contributed by atoms with Crippen LogP contribution in [-0.4, -0.2) is 37.7 Å². The predicted molar refractivity (Wildman–Crippen MR) is 98.4 cm³/mol. The van der Waals surface area contributed by atoms with Crippen molar-refractivity contribution < 1.29 is 9.59 Å². The summed E-state index contributed by atoms with van der Waals surface area (Å²) in [6.45, 7) is 0.377. The topological polar surface area (TPSA) is 116 Å². The molecule has 9 heteroatoms. The smallest absolute Gasteiger partial charge is 0.264 e. The van der Waals surface area contributed by atoms with Gasteiger partial charge in [0, 0.05) is 24.8 Å². The fraction of sp³-hybridized carbons (Fsp3) is 0.278. The maximum atomic E-state index is 12.9. The summed E-state index contributed by atoms with van der Waals surface area (Å²) in [5, 5.41) is 4.39. The summed E-state index contributed by atoms with van der Waals surface area (Å²) < 4.78 is 2.79. The third-order valence-electron chi connectivity index (χ3n) is 4.84. The Hall–Kier alpha value is -3.49. The molecule has 27 heavy (non-hydrogen) atoms. The van der Waals surface area contributed by atoms with E-state index in [4.69, 9.17) is 5.73 Å². The Morgan fingerprint density at radius 3 is 2.89 bits per heavy atom. The van der Waals surface area contributed by atoms with Gasteiger partial charge in [0.05, 0.1) is 6.20 Å². The molecule has 3 aromatic rings. The molecule has 0 saturated carbocycles. The number of hydrogen-bond donors (Lipinski definition) is 1. The van der Waals surface area contributed by atoms with Gasteiger partial charge in [0.2, 0.25) is 11.8 Å². The average Bonchev–Trinajstić information content (AvgIpc) is 3.04. The van der Waals surface area contributed by atoms with Crippen LogP contribution in [0, 0.1) is 0 Å². The molecule has 0 radical (unpaired) electrons. The molecule has 9 nitrogen and oxygen atoms in total. The lowest BCUT2D eigenvalue weighted by atomic mass is 9.96. The van der Waals surface area contributed by atoms with Crippen LogP contribution in [0.5, 0.6) is 0 Å². The number of nitrogens with two attached hydrogens (primary N) is 1. The Bertz CT molecular complexity index is 1130. The molecule has 0 aliphatic carbocycles. The van der Waals surface area contributed by atoms with Gasteiger partial charge in [0.15, 0.2) is 5.65 Å². The van der Waals surface area contributed by atoms with Crippen LogP contribution in [0.25, 0.3) is 11.0 Å². The second kappa shape index (κ2) is 6.35. The monoisotopic (exact) mass is 366 g/mol. The molecule has 138 valence electrons. The third-order valence-corrected chi connectivity index (χ3v) is 4.84. The molecule has 2 aromatic heterocycles. The Morgan fingerprint density at radius 2 is 2.11 bits per heavy atom. The van der Waals surface area contributed by atoms with Crippen molar-refractivity contribution in [3.05, 3.63) is 52.2 Å². The number of primary amides is 1. The van der Waals surface area contributed by atoms with Crippen LogP contribution in [0.1, 0.15) is 22.3 Å². The van der Waals surface area contributed by atoms with Crippen LogP contribution in [-0.2, 0) is 24.8 Å². The summed E-state index contributed by atoms with van der Waals surface area (Å²) in [6, 6.07) is 5.17. The van der Waals surface area contributed by atoms with Gasteiger partial charge in [-0.25, -0.2) is 4.98 Å². The Labute approximate surface area is 154 Å². The van der Waals surface area contributed by atoms with E-state index in [2.05, 4.69) is 10.1 Å². The lowest BCUT2D eigenvalue weighted by Gasteiger charge is -2.30. The van der Waals surface area contributed by atoms with Crippen molar-refractivity contribution in [2.45, 2.75) is 19.4 Å². The molecule has 4 rings (SSSR count). The first kappa shape index (κ1) is 17.0. The molecule has 0 atom stereocenters.